The normalized spacial score (nSPS) is 12.6. The van der Waals surface area contributed by atoms with Gasteiger partial charge < -0.3 is 30.5 Å². The third-order valence-corrected chi connectivity index (χ3v) is 7.42. The van der Waals surface area contributed by atoms with Gasteiger partial charge in [0.25, 0.3) is 5.91 Å². The molecule has 9 nitrogen and oxygen atoms in total. The molecule has 45 heavy (non-hydrogen) atoms. The largest absolute Gasteiger partial charge is 0.508 e. The second kappa shape index (κ2) is 16.0. The van der Waals surface area contributed by atoms with Crippen LogP contribution in [0.2, 0.25) is 0 Å². The average molecular weight is 618 g/mol. The number of hydrogen-bond donors (Lipinski definition) is 4. The molecule has 0 bridgehead atoms. The molecule has 0 aliphatic heterocycles. The Morgan fingerprint density at radius 1 is 0.867 bits per heavy atom. The molecule has 3 rings (SSSR count). The van der Waals surface area contributed by atoms with Gasteiger partial charge in [0.1, 0.15) is 29.2 Å². The number of alkyl carbamates (subject to hydrolysis) is 1. The molecular weight excluding hydrogens is 570 g/mol. The fourth-order valence-electron chi connectivity index (χ4n) is 5.17. The lowest BCUT2D eigenvalue weighted by atomic mass is 9.98. The number of anilines is 1. The van der Waals surface area contributed by atoms with Crippen molar-refractivity contribution < 1.29 is 29.3 Å². The fourth-order valence-corrected chi connectivity index (χ4v) is 5.17. The van der Waals surface area contributed by atoms with Crippen LogP contribution < -0.4 is 10.6 Å². The van der Waals surface area contributed by atoms with E-state index < -0.39 is 35.6 Å². The minimum Gasteiger partial charge on any atom is -0.508 e. The number of benzene rings is 3. The van der Waals surface area contributed by atoms with Crippen LogP contribution in [0.4, 0.5) is 10.5 Å². The summed E-state index contributed by atoms with van der Waals surface area (Å²) in [6, 6.07) is 16.2. The number of amides is 3. The van der Waals surface area contributed by atoms with Gasteiger partial charge in [-0.15, -0.1) is 0 Å². The van der Waals surface area contributed by atoms with Crippen LogP contribution in [0.5, 0.6) is 11.5 Å². The van der Waals surface area contributed by atoms with E-state index in [0.717, 1.165) is 30.4 Å². The van der Waals surface area contributed by atoms with Gasteiger partial charge in [-0.1, -0.05) is 74.7 Å². The Labute approximate surface area is 266 Å². The molecule has 0 fully saturated rings. The highest BCUT2D eigenvalue weighted by Crippen LogP contribution is 2.32. The molecule has 242 valence electrons. The van der Waals surface area contributed by atoms with E-state index in [4.69, 9.17) is 4.74 Å². The van der Waals surface area contributed by atoms with Crippen LogP contribution in [0.1, 0.15) is 81.7 Å². The Bertz CT molecular complexity index is 1430. The number of ether oxygens (including phenoxy) is 1. The Balaban J connectivity index is 2.11. The molecular formula is C36H47N3O6. The Morgan fingerprint density at radius 3 is 2.11 bits per heavy atom. The summed E-state index contributed by atoms with van der Waals surface area (Å²) in [5.74, 6) is -1.04. The van der Waals surface area contributed by atoms with Crippen LogP contribution in [-0.2, 0) is 20.7 Å². The number of carbonyl (C=O) groups is 3. The van der Waals surface area contributed by atoms with E-state index in [1.54, 1.807) is 51.1 Å². The molecule has 2 unspecified atom stereocenters. The summed E-state index contributed by atoms with van der Waals surface area (Å²) in [7, 11) is 0. The molecule has 3 aromatic rings. The summed E-state index contributed by atoms with van der Waals surface area (Å²) in [6.07, 6.45) is 2.67. The number of para-hydroxylation sites is 2. The lowest BCUT2D eigenvalue weighted by molar-refractivity contribution is -0.141. The van der Waals surface area contributed by atoms with Crippen LogP contribution in [0.3, 0.4) is 0 Å². The summed E-state index contributed by atoms with van der Waals surface area (Å²) >= 11 is 0. The number of nitrogens with one attached hydrogen (secondary N) is 2. The van der Waals surface area contributed by atoms with E-state index in [1.807, 2.05) is 32.0 Å². The molecule has 0 spiro atoms. The number of phenolic OH excluding ortho intramolecular Hbond substituents is 2. The predicted molar refractivity (Wildman–Crippen MR) is 176 cm³/mol. The molecule has 0 heterocycles. The zero-order chi connectivity index (χ0) is 33.1. The van der Waals surface area contributed by atoms with E-state index in [-0.39, 0.29) is 30.0 Å². The van der Waals surface area contributed by atoms with E-state index in [2.05, 4.69) is 17.6 Å². The monoisotopic (exact) mass is 617 g/mol. The fraction of sp³-hybridized carbons (Fsp3) is 0.417. The molecule has 0 radical (unpaired) electrons. The molecule has 3 aromatic carbocycles. The van der Waals surface area contributed by atoms with Gasteiger partial charge in [0.2, 0.25) is 5.91 Å². The first kappa shape index (κ1) is 35.0. The summed E-state index contributed by atoms with van der Waals surface area (Å²) in [4.78, 5) is 43.4. The summed E-state index contributed by atoms with van der Waals surface area (Å²) in [5, 5.41) is 26.6. The Kier molecular flexibility index (Phi) is 12.4. The third-order valence-electron chi connectivity index (χ3n) is 7.42. The number of phenols is 2. The number of nitrogens with zero attached hydrogens (tertiary/aromatic N) is 1. The summed E-state index contributed by atoms with van der Waals surface area (Å²) < 4.78 is 5.50. The first-order valence-corrected chi connectivity index (χ1v) is 15.5. The van der Waals surface area contributed by atoms with Crippen molar-refractivity contribution in [1.29, 1.82) is 0 Å². The number of hydrogen-bond acceptors (Lipinski definition) is 6. The van der Waals surface area contributed by atoms with Crippen molar-refractivity contribution in [3.63, 3.8) is 0 Å². The van der Waals surface area contributed by atoms with Crippen molar-refractivity contribution in [3.8, 4) is 11.5 Å². The number of unbranched alkanes of at least 4 members (excludes halogenated alkanes) is 3. The molecule has 0 saturated carbocycles. The standard InChI is InChI=1S/C36H47N3O6/c1-7-8-9-12-22-39(34(43)29(37-35(44)45-36(4,5)6)23-26-18-20-27(40)21-19-26)32(28-16-10-11-17-30(28)41)33(42)38-31-24(2)14-13-15-25(31)3/h10-11,13-21,29,32,40-41H,7-9,12,22-23H2,1-6H3,(H,37,44)(H,38,42). The highest BCUT2D eigenvalue weighted by atomic mass is 16.6. The number of carbonyl (C=O) groups excluding carboxylic acids is 3. The lowest BCUT2D eigenvalue weighted by Crippen LogP contribution is -2.53. The molecule has 0 aromatic heterocycles. The van der Waals surface area contributed by atoms with Crippen molar-refractivity contribution in [2.45, 2.75) is 91.3 Å². The van der Waals surface area contributed by atoms with Crippen molar-refractivity contribution >= 4 is 23.6 Å². The quantitative estimate of drug-likeness (QED) is 0.154. The molecule has 3 amide bonds. The molecule has 9 heteroatoms. The minimum atomic E-state index is -1.21. The number of aromatic hydroxyl groups is 2. The second-order valence-corrected chi connectivity index (χ2v) is 12.4. The average Bonchev–Trinajstić information content (AvgIpc) is 2.97. The smallest absolute Gasteiger partial charge is 0.408 e. The molecule has 0 saturated heterocycles. The van der Waals surface area contributed by atoms with Gasteiger partial charge >= 0.3 is 6.09 Å². The van der Waals surface area contributed by atoms with Crippen LogP contribution in [-0.4, -0.2) is 51.2 Å². The maximum Gasteiger partial charge on any atom is 0.408 e. The molecule has 0 aliphatic carbocycles. The van der Waals surface area contributed by atoms with Crippen LogP contribution >= 0.6 is 0 Å². The van der Waals surface area contributed by atoms with E-state index in [0.29, 0.717) is 17.7 Å². The van der Waals surface area contributed by atoms with Gasteiger partial charge in [-0.25, -0.2) is 4.79 Å². The van der Waals surface area contributed by atoms with Crippen molar-refractivity contribution in [2.75, 3.05) is 11.9 Å². The van der Waals surface area contributed by atoms with Gasteiger partial charge in [-0.3, -0.25) is 9.59 Å². The maximum atomic E-state index is 14.6. The van der Waals surface area contributed by atoms with Gasteiger partial charge in [0.05, 0.1) is 0 Å². The van der Waals surface area contributed by atoms with Gasteiger partial charge in [0.15, 0.2) is 0 Å². The van der Waals surface area contributed by atoms with Crippen LogP contribution in [0.25, 0.3) is 0 Å². The van der Waals surface area contributed by atoms with E-state index >= 15 is 0 Å². The van der Waals surface area contributed by atoms with Gasteiger partial charge in [0, 0.05) is 24.2 Å². The van der Waals surface area contributed by atoms with Gasteiger partial charge in [-0.05, 0) is 75.9 Å². The zero-order valence-corrected chi connectivity index (χ0v) is 27.2. The lowest BCUT2D eigenvalue weighted by Gasteiger charge is -2.35. The highest BCUT2D eigenvalue weighted by molar-refractivity contribution is 6.00. The second-order valence-electron chi connectivity index (χ2n) is 12.4. The SMILES string of the molecule is CCCCCCN(C(=O)C(Cc1ccc(O)cc1)NC(=O)OC(C)(C)C)C(C(=O)Nc1c(C)cccc1C)c1ccccc1O. The van der Waals surface area contributed by atoms with E-state index in [9.17, 15) is 24.6 Å². The molecule has 4 N–H and O–H groups in total. The topological polar surface area (TPSA) is 128 Å². The van der Waals surface area contributed by atoms with Crippen molar-refractivity contribution in [1.82, 2.24) is 10.2 Å². The summed E-state index contributed by atoms with van der Waals surface area (Å²) in [5.41, 5.74) is 2.50. The molecule has 2 atom stereocenters. The zero-order valence-electron chi connectivity index (χ0n) is 27.2. The number of aryl methyl sites for hydroxylation is 2. The Hall–Kier alpha value is -4.53. The maximum absolute atomic E-state index is 14.6. The van der Waals surface area contributed by atoms with Gasteiger partial charge in [-0.2, -0.15) is 0 Å². The highest BCUT2D eigenvalue weighted by Gasteiger charge is 2.37. The summed E-state index contributed by atoms with van der Waals surface area (Å²) in [6.45, 7) is 11.3. The minimum absolute atomic E-state index is 0.0714. The predicted octanol–water partition coefficient (Wildman–Crippen LogP) is 6.94. The van der Waals surface area contributed by atoms with E-state index in [1.165, 1.54) is 23.1 Å². The molecule has 0 aliphatic rings. The van der Waals surface area contributed by atoms with Crippen LogP contribution in [0, 0.1) is 13.8 Å². The van der Waals surface area contributed by atoms with Crippen LogP contribution in [0.15, 0.2) is 66.7 Å². The number of rotatable bonds is 13. The first-order chi connectivity index (χ1) is 21.3. The van der Waals surface area contributed by atoms with Crippen molar-refractivity contribution in [3.05, 3.63) is 89.0 Å². The van der Waals surface area contributed by atoms with Crippen molar-refractivity contribution in [2.24, 2.45) is 0 Å². The Morgan fingerprint density at radius 2 is 1.51 bits per heavy atom. The third kappa shape index (κ3) is 10.3. The first-order valence-electron chi connectivity index (χ1n) is 15.5.